The molecular formula is C25H35NO2S. The molecular weight excluding hydrogens is 378 g/mol. The molecule has 2 aromatic carbocycles. The summed E-state index contributed by atoms with van der Waals surface area (Å²) in [6, 6.07) is 17.0. The molecule has 0 N–H and O–H groups in total. The van der Waals surface area contributed by atoms with Gasteiger partial charge in [0, 0.05) is 10.6 Å². The normalized spacial score (nSPS) is 22.7. The summed E-state index contributed by atoms with van der Waals surface area (Å²) in [4.78, 5) is 3.53. The van der Waals surface area contributed by atoms with Crippen LogP contribution in [0.4, 0.5) is 0 Å². The predicted octanol–water partition coefficient (Wildman–Crippen LogP) is 5.76. The number of hydrogen-bond donors (Lipinski definition) is 0. The SMILES string of the molecule is CC.CCS(=O)c1ccc(O[C@H]2c3ccccc3C[C@@H]2N2CCCCCC2)cc1. The highest BCUT2D eigenvalue weighted by Crippen LogP contribution is 2.38. The monoisotopic (exact) mass is 413 g/mol. The molecule has 1 aliphatic carbocycles. The van der Waals surface area contributed by atoms with E-state index in [1.165, 1.54) is 49.9 Å². The number of nitrogens with zero attached hydrogens (tertiary/aromatic N) is 1. The Morgan fingerprint density at radius 2 is 1.62 bits per heavy atom. The molecule has 1 heterocycles. The lowest BCUT2D eigenvalue weighted by molar-refractivity contribution is 0.0800. The van der Waals surface area contributed by atoms with Crippen LogP contribution in [0.25, 0.3) is 0 Å². The van der Waals surface area contributed by atoms with Crippen LogP contribution < -0.4 is 4.74 Å². The van der Waals surface area contributed by atoms with E-state index in [4.69, 9.17) is 4.74 Å². The Hall–Kier alpha value is -1.65. The first-order valence-corrected chi connectivity index (χ1v) is 12.5. The number of rotatable bonds is 5. The van der Waals surface area contributed by atoms with Gasteiger partial charge >= 0.3 is 0 Å². The third-order valence-electron chi connectivity index (χ3n) is 5.86. The minimum atomic E-state index is -0.915. The lowest BCUT2D eigenvalue weighted by Crippen LogP contribution is -2.40. The van der Waals surface area contributed by atoms with Crippen LogP contribution in [0.15, 0.2) is 53.4 Å². The second-order valence-corrected chi connectivity index (χ2v) is 9.30. The van der Waals surface area contributed by atoms with Crippen molar-refractivity contribution in [1.29, 1.82) is 0 Å². The summed E-state index contributed by atoms with van der Waals surface area (Å²) >= 11 is 0. The van der Waals surface area contributed by atoms with Crippen LogP contribution in [0, 0.1) is 0 Å². The first kappa shape index (κ1) is 22.0. The Morgan fingerprint density at radius 3 is 2.28 bits per heavy atom. The van der Waals surface area contributed by atoms with Gasteiger partial charge in [0.1, 0.15) is 11.9 Å². The van der Waals surface area contributed by atoms with Gasteiger partial charge in [-0.2, -0.15) is 0 Å². The zero-order valence-electron chi connectivity index (χ0n) is 18.1. The van der Waals surface area contributed by atoms with Crippen LogP contribution in [0.1, 0.15) is 63.7 Å². The van der Waals surface area contributed by atoms with Gasteiger partial charge in [0.25, 0.3) is 0 Å². The summed E-state index contributed by atoms with van der Waals surface area (Å²) in [7, 11) is -0.915. The molecule has 2 aliphatic rings. The smallest absolute Gasteiger partial charge is 0.140 e. The molecule has 0 bridgehead atoms. The Balaban J connectivity index is 0.00000117. The minimum absolute atomic E-state index is 0.0711. The summed E-state index contributed by atoms with van der Waals surface area (Å²) in [5.74, 6) is 1.51. The minimum Gasteiger partial charge on any atom is -0.484 e. The maximum atomic E-state index is 12.0. The zero-order chi connectivity index (χ0) is 20.6. The van der Waals surface area contributed by atoms with E-state index in [0.717, 1.165) is 17.1 Å². The molecule has 0 spiro atoms. The highest BCUT2D eigenvalue weighted by atomic mass is 32.2. The molecule has 4 heteroatoms. The van der Waals surface area contributed by atoms with Gasteiger partial charge in [-0.25, -0.2) is 0 Å². The van der Waals surface area contributed by atoms with Gasteiger partial charge in [-0.05, 0) is 67.7 Å². The van der Waals surface area contributed by atoms with Crippen molar-refractivity contribution in [2.24, 2.45) is 0 Å². The molecule has 1 aliphatic heterocycles. The molecule has 29 heavy (non-hydrogen) atoms. The van der Waals surface area contributed by atoms with Crippen LogP contribution >= 0.6 is 0 Å². The van der Waals surface area contributed by atoms with Crippen LogP contribution in [-0.4, -0.2) is 34.0 Å². The summed E-state index contributed by atoms with van der Waals surface area (Å²) < 4.78 is 18.5. The molecule has 0 aromatic heterocycles. The van der Waals surface area contributed by atoms with Crippen molar-refractivity contribution >= 4 is 10.8 Å². The fourth-order valence-corrected chi connectivity index (χ4v) is 5.18. The molecule has 1 fully saturated rings. The fourth-order valence-electron chi connectivity index (χ4n) is 4.41. The van der Waals surface area contributed by atoms with Crippen molar-refractivity contribution in [3.63, 3.8) is 0 Å². The van der Waals surface area contributed by atoms with E-state index in [1.807, 2.05) is 45.0 Å². The molecule has 2 aromatic rings. The topological polar surface area (TPSA) is 29.5 Å². The first-order chi connectivity index (χ1) is 14.3. The van der Waals surface area contributed by atoms with Crippen molar-refractivity contribution in [2.45, 2.75) is 69.9 Å². The number of likely N-dealkylation sites (tertiary alicyclic amines) is 1. The van der Waals surface area contributed by atoms with E-state index in [2.05, 4.69) is 29.2 Å². The van der Waals surface area contributed by atoms with Crippen molar-refractivity contribution in [3.05, 3.63) is 59.7 Å². The Labute approximate surface area is 178 Å². The van der Waals surface area contributed by atoms with Crippen molar-refractivity contribution in [1.82, 2.24) is 4.90 Å². The highest BCUT2D eigenvalue weighted by molar-refractivity contribution is 7.85. The first-order valence-electron chi connectivity index (χ1n) is 11.2. The maximum absolute atomic E-state index is 12.0. The van der Waals surface area contributed by atoms with Gasteiger partial charge in [-0.3, -0.25) is 9.11 Å². The quantitative estimate of drug-likeness (QED) is 0.624. The molecule has 1 unspecified atom stereocenters. The van der Waals surface area contributed by atoms with E-state index in [9.17, 15) is 4.21 Å². The second-order valence-electron chi connectivity index (χ2n) is 7.56. The molecule has 0 saturated carbocycles. The molecule has 158 valence electrons. The molecule has 0 radical (unpaired) electrons. The van der Waals surface area contributed by atoms with E-state index >= 15 is 0 Å². The lowest BCUT2D eigenvalue weighted by atomic mass is 10.1. The van der Waals surface area contributed by atoms with Crippen LogP contribution in [0.5, 0.6) is 5.75 Å². The van der Waals surface area contributed by atoms with Gasteiger partial charge in [0.2, 0.25) is 0 Å². The third-order valence-corrected chi connectivity index (χ3v) is 7.18. The summed E-state index contributed by atoms with van der Waals surface area (Å²) in [5.41, 5.74) is 2.74. The Kier molecular flexibility index (Phi) is 8.31. The van der Waals surface area contributed by atoms with Crippen LogP contribution in [0.3, 0.4) is 0 Å². The number of benzene rings is 2. The summed E-state index contributed by atoms with van der Waals surface area (Å²) in [6.07, 6.45) is 6.41. The summed E-state index contributed by atoms with van der Waals surface area (Å²) in [6.45, 7) is 8.29. The Bertz CT molecular complexity index is 782. The average molecular weight is 414 g/mol. The van der Waals surface area contributed by atoms with Crippen LogP contribution in [0.2, 0.25) is 0 Å². The average Bonchev–Trinajstić information content (AvgIpc) is 2.94. The predicted molar refractivity (Wildman–Crippen MR) is 122 cm³/mol. The van der Waals surface area contributed by atoms with Gasteiger partial charge < -0.3 is 4.74 Å². The van der Waals surface area contributed by atoms with E-state index in [-0.39, 0.29) is 6.10 Å². The number of ether oxygens (including phenoxy) is 1. The van der Waals surface area contributed by atoms with E-state index in [1.54, 1.807) is 0 Å². The number of hydrogen-bond acceptors (Lipinski definition) is 3. The highest BCUT2D eigenvalue weighted by Gasteiger charge is 2.37. The van der Waals surface area contributed by atoms with Crippen molar-refractivity contribution in [3.8, 4) is 5.75 Å². The maximum Gasteiger partial charge on any atom is 0.140 e. The fraction of sp³-hybridized carbons (Fsp3) is 0.520. The molecule has 4 rings (SSSR count). The third kappa shape index (κ3) is 5.29. The molecule has 0 amide bonds. The van der Waals surface area contributed by atoms with Crippen LogP contribution in [-0.2, 0) is 17.2 Å². The second kappa shape index (κ2) is 10.9. The molecule has 3 atom stereocenters. The zero-order valence-corrected chi connectivity index (χ0v) is 18.9. The van der Waals surface area contributed by atoms with E-state index in [0.29, 0.717) is 11.8 Å². The van der Waals surface area contributed by atoms with E-state index < -0.39 is 10.8 Å². The largest absolute Gasteiger partial charge is 0.484 e. The Morgan fingerprint density at radius 1 is 0.966 bits per heavy atom. The lowest BCUT2D eigenvalue weighted by Gasteiger charge is -2.32. The molecule has 1 saturated heterocycles. The van der Waals surface area contributed by atoms with Gasteiger partial charge in [0.05, 0.1) is 16.8 Å². The van der Waals surface area contributed by atoms with Gasteiger partial charge in [-0.1, -0.05) is 57.9 Å². The number of fused-ring (bicyclic) bond motifs is 1. The van der Waals surface area contributed by atoms with Crippen molar-refractivity contribution < 1.29 is 8.95 Å². The standard InChI is InChI=1S/C23H29NO2S.C2H6/c1-2-27(25)20-13-11-19(12-14-20)26-23-21-10-6-5-9-18(21)17-22(23)24-15-7-3-4-8-16-24;1-2/h5-6,9-14,22-23H,2-4,7-8,15-17H2,1H3;1-2H3/t22-,23-,27?;/m0./s1. The van der Waals surface area contributed by atoms with Gasteiger partial charge in [0.15, 0.2) is 0 Å². The summed E-state index contributed by atoms with van der Waals surface area (Å²) in [5, 5.41) is 0. The van der Waals surface area contributed by atoms with Crippen molar-refractivity contribution in [2.75, 3.05) is 18.8 Å². The van der Waals surface area contributed by atoms with Gasteiger partial charge in [-0.15, -0.1) is 0 Å². The molecule has 3 nitrogen and oxygen atoms in total.